The normalized spacial score (nSPS) is 17.9. The number of Topliss-reactive ketones (excluding diaryl/α,β-unsaturated/α-hetero) is 1. The SMILES string of the molecule is O=C1/C(=C/c2ccc(F)c(F)c2)CN(C(=O)CCN2Cc3ccccc3C2)C/C1=C\c1ccc(F)c(F)c1. The number of likely N-dealkylation sites (tertiary alicyclic amines) is 1. The zero-order valence-electron chi connectivity index (χ0n) is 20.4. The van der Waals surface area contributed by atoms with Gasteiger partial charge in [-0.1, -0.05) is 36.4 Å². The van der Waals surface area contributed by atoms with Crippen LogP contribution in [0.4, 0.5) is 17.6 Å². The van der Waals surface area contributed by atoms with Crippen LogP contribution in [-0.2, 0) is 22.7 Å². The molecular formula is C30H24F4N2O2. The Labute approximate surface area is 217 Å². The highest BCUT2D eigenvalue weighted by Gasteiger charge is 2.30. The number of ketones is 1. The van der Waals surface area contributed by atoms with E-state index in [0.29, 0.717) is 6.54 Å². The average molecular weight is 521 g/mol. The number of carbonyl (C=O) groups excluding carboxylic acids is 2. The van der Waals surface area contributed by atoms with Gasteiger partial charge in [0, 0.05) is 50.3 Å². The zero-order chi connectivity index (χ0) is 26.8. The first kappa shape index (κ1) is 25.6. The highest BCUT2D eigenvalue weighted by Crippen LogP contribution is 2.25. The van der Waals surface area contributed by atoms with E-state index < -0.39 is 29.1 Å². The summed E-state index contributed by atoms with van der Waals surface area (Å²) in [5.41, 5.74) is 3.41. The number of hydrogen-bond acceptors (Lipinski definition) is 3. The molecule has 0 saturated carbocycles. The molecule has 1 amide bonds. The Hall–Kier alpha value is -4.04. The van der Waals surface area contributed by atoms with Gasteiger partial charge in [0.05, 0.1) is 0 Å². The maximum Gasteiger partial charge on any atom is 0.224 e. The Morgan fingerprint density at radius 1 is 0.711 bits per heavy atom. The number of hydrogen-bond donors (Lipinski definition) is 0. The molecule has 0 aromatic heterocycles. The largest absolute Gasteiger partial charge is 0.334 e. The Bertz CT molecular complexity index is 1380. The van der Waals surface area contributed by atoms with Crippen LogP contribution in [0.1, 0.15) is 28.7 Å². The lowest BCUT2D eigenvalue weighted by molar-refractivity contribution is -0.131. The lowest BCUT2D eigenvalue weighted by Crippen LogP contribution is -2.42. The average Bonchev–Trinajstić information content (AvgIpc) is 3.32. The van der Waals surface area contributed by atoms with E-state index in [0.717, 1.165) is 37.4 Å². The predicted octanol–water partition coefficient (Wildman–Crippen LogP) is 5.53. The Balaban J connectivity index is 1.38. The molecule has 2 heterocycles. The summed E-state index contributed by atoms with van der Waals surface area (Å²) in [6, 6.07) is 14.6. The molecule has 0 unspecified atom stereocenters. The van der Waals surface area contributed by atoms with Crippen molar-refractivity contribution in [3.8, 4) is 0 Å². The number of amides is 1. The van der Waals surface area contributed by atoms with Crippen LogP contribution >= 0.6 is 0 Å². The molecule has 0 N–H and O–H groups in total. The van der Waals surface area contributed by atoms with Gasteiger partial charge in [-0.2, -0.15) is 0 Å². The van der Waals surface area contributed by atoms with Crippen molar-refractivity contribution in [3.63, 3.8) is 0 Å². The van der Waals surface area contributed by atoms with Gasteiger partial charge < -0.3 is 4.90 Å². The van der Waals surface area contributed by atoms with Gasteiger partial charge >= 0.3 is 0 Å². The summed E-state index contributed by atoms with van der Waals surface area (Å²) in [5.74, 6) is -4.72. The maximum absolute atomic E-state index is 13.8. The van der Waals surface area contributed by atoms with E-state index in [-0.39, 0.29) is 47.7 Å². The van der Waals surface area contributed by atoms with Gasteiger partial charge in [0.15, 0.2) is 29.1 Å². The third-order valence-corrected chi connectivity index (χ3v) is 6.78. The molecule has 0 bridgehead atoms. The summed E-state index contributed by atoms with van der Waals surface area (Å²) in [5, 5.41) is 0. The standard InChI is InChI=1S/C30H24F4N2O2/c31-25-7-5-19(13-27(25)33)11-23-17-36(18-24(30(23)38)12-20-6-8-26(32)28(34)14-20)29(37)9-10-35-15-21-3-1-2-4-22(21)16-35/h1-8,11-14H,9-10,15-18H2/b23-11+,24-12+. The van der Waals surface area contributed by atoms with Crippen LogP contribution in [0.25, 0.3) is 12.2 Å². The van der Waals surface area contributed by atoms with Crippen LogP contribution in [0.2, 0.25) is 0 Å². The summed E-state index contributed by atoms with van der Waals surface area (Å²) in [4.78, 5) is 30.2. The van der Waals surface area contributed by atoms with E-state index in [1.807, 2.05) is 12.1 Å². The minimum Gasteiger partial charge on any atom is -0.334 e. The van der Waals surface area contributed by atoms with Crippen molar-refractivity contribution >= 4 is 23.8 Å². The molecule has 8 heteroatoms. The van der Waals surface area contributed by atoms with Crippen molar-refractivity contribution in [2.75, 3.05) is 19.6 Å². The highest BCUT2D eigenvalue weighted by molar-refractivity contribution is 6.15. The summed E-state index contributed by atoms with van der Waals surface area (Å²) < 4.78 is 54.4. The fourth-order valence-electron chi connectivity index (χ4n) is 4.80. The predicted molar refractivity (Wildman–Crippen MR) is 135 cm³/mol. The van der Waals surface area contributed by atoms with Crippen molar-refractivity contribution in [2.24, 2.45) is 0 Å². The summed E-state index contributed by atoms with van der Waals surface area (Å²) in [6.45, 7) is 2.02. The number of rotatable bonds is 5. The molecule has 5 rings (SSSR count). The number of halogens is 4. The van der Waals surface area contributed by atoms with Gasteiger partial charge in [0.25, 0.3) is 0 Å². The number of piperidine rings is 1. The van der Waals surface area contributed by atoms with Crippen LogP contribution in [-0.4, -0.2) is 41.1 Å². The second-order valence-corrected chi connectivity index (χ2v) is 9.49. The molecular weight excluding hydrogens is 496 g/mol. The third kappa shape index (κ3) is 5.60. The molecule has 4 nitrogen and oxygen atoms in total. The zero-order valence-corrected chi connectivity index (χ0v) is 20.4. The first-order valence-electron chi connectivity index (χ1n) is 12.2. The topological polar surface area (TPSA) is 40.6 Å². The molecule has 2 aliphatic rings. The lowest BCUT2D eigenvalue weighted by atomic mass is 9.94. The van der Waals surface area contributed by atoms with Crippen molar-refractivity contribution in [1.29, 1.82) is 0 Å². The van der Waals surface area contributed by atoms with Gasteiger partial charge in [0.1, 0.15) is 0 Å². The lowest BCUT2D eigenvalue weighted by Gasteiger charge is -2.30. The molecule has 3 aromatic carbocycles. The molecule has 1 fully saturated rings. The van der Waals surface area contributed by atoms with Gasteiger partial charge in [-0.05, 0) is 58.7 Å². The van der Waals surface area contributed by atoms with E-state index in [9.17, 15) is 27.2 Å². The number of benzene rings is 3. The second kappa shape index (κ2) is 10.8. The first-order chi connectivity index (χ1) is 18.3. The second-order valence-electron chi connectivity index (χ2n) is 9.49. The van der Waals surface area contributed by atoms with Crippen LogP contribution in [0.3, 0.4) is 0 Å². The molecule has 38 heavy (non-hydrogen) atoms. The number of carbonyl (C=O) groups is 2. The Morgan fingerprint density at radius 2 is 1.21 bits per heavy atom. The Kier molecular flexibility index (Phi) is 7.24. The monoisotopic (exact) mass is 520 g/mol. The van der Waals surface area contributed by atoms with E-state index >= 15 is 0 Å². The first-order valence-corrected chi connectivity index (χ1v) is 12.2. The van der Waals surface area contributed by atoms with E-state index in [4.69, 9.17) is 0 Å². The van der Waals surface area contributed by atoms with Gasteiger partial charge in [-0.15, -0.1) is 0 Å². The number of nitrogens with zero attached hydrogens (tertiary/aromatic N) is 2. The van der Waals surface area contributed by atoms with E-state index in [1.165, 1.54) is 40.3 Å². The maximum atomic E-state index is 13.8. The fourth-order valence-corrected chi connectivity index (χ4v) is 4.80. The van der Waals surface area contributed by atoms with Crippen molar-refractivity contribution in [3.05, 3.63) is 117 Å². The van der Waals surface area contributed by atoms with Crippen molar-refractivity contribution < 1.29 is 27.2 Å². The van der Waals surface area contributed by atoms with Crippen LogP contribution < -0.4 is 0 Å². The molecule has 0 aliphatic carbocycles. The highest BCUT2D eigenvalue weighted by atomic mass is 19.2. The quantitative estimate of drug-likeness (QED) is 0.328. The minimum absolute atomic E-state index is 0.00793. The molecule has 1 saturated heterocycles. The minimum atomic E-state index is -1.06. The molecule has 3 aromatic rings. The smallest absolute Gasteiger partial charge is 0.224 e. The van der Waals surface area contributed by atoms with Gasteiger partial charge in [-0.3, -0.25) is 14.5 Å². The van der Waals surface area contributed by atoms with Crippen molar-refractivity contribution in [2.45, 2.75) is 19.5 Å². The van der Waals surface area contributed by atoms with E-state index in [1.54, 1.807) is 0 Å². The van der Waals surface area contributed by atoms with Crippen molar-refractivity contribution in [1.82, 2.24) is 9.80 Å². The fraction of sp³-hybridized carbons (Fsp3) is 0.200. The molecule has 0 atom stereocenters. The van der Waals surface area contributed by atoms with E-state index in [2.05, 4.69) is 17.0 Å². The number of fused-ring (bicyclic) bond motifs is 1. The van der Waals surface area contributed by atoms with Gasteiger partial charge in [-0.25, -0.2) is 17.6 Å². The van der Waals surface area contributed by atoms with Crippen LogP contribution in [0, 0.1) is 23.3 Å². The van der Waals surface area contributed by atoms with Gasteiger partial charge in [0.2, 0.25) is 5.91 Å². The molecule has 2 aliphatic heterocycles. The molecule has 194 valence electrons. The summed E-state index contributed by atoms with van der Waals surface area (Å²) in [6.07, 6.45) is 3.06. The third-order valence-electron chi connectivity index (χ3n) is 6.78. The Morgan fingerprint density at radius 3 is 1.68 bits per heavy atom. The van der Waals surface area contributed by atoms with Crippen LogP contribution in [0.5, 0.6) is 0 Å². The molecule has 0 spiro atoms. The summed E-state index contributed by atoms with van der Waals surface area (Å²) in [7, 11) is 0. The summed E-state index contributed by atoms with van der Waals surface area (Å²) >= 11 is 0. The van der Waals surface area contributed by atoms with Crippen LogP contribution in [0.15, 0.2) is 71.8 Å². The molecule has 0 radical (unpaired) electrons.